The van der Waals surface area contributed by atoms with Gasteiger partial charge in [-0.2, -0.15) is 0 Å². The van der Waals surface area contributed by atoms with Gasteiger partial charge in [0.2, 0.25) is 0 Å². The predicted octanol–water partition coefficient (Wildman–Crippen LogP) is 2.57. The van der Waals surface area contributed by atoms with Gasteiger partial charge in [0.1, 0.15) is 11.6 Å². The molecule has 0 saturated carbocycles. The van der Waals surface area contributed by atoms with Crippen molar-refractivity contribution in [2.24, 2.45) is 0 Å². The summed E-state index contributed by atoms with van der Waals surface area (Å²) in [5.74, 6) is -1.78. The molecule has 0 radical (unpaired) electrons. The van der Waals surface area contributed by atoms with Gasteiger partial charge in [0.15, 0.2) is 17.7 Å². The highest BCUT2D eigenvalue weighted by Gasteiger charge is 2.17. The molecule has 0 unspecified atom stereocenters. The molecule has 7 nitrogen and oxygen atoms in total. The molecule has 146 valence electrons. The first-order valence-electron chi connectivity index (χ1n) is 8.45. The second-order valence-electron chi connectivity index (χ2n) is 5.80. The van der Waals surface area contributed by atoms with E-state index < -0.39 is 23.7 Å². The first-order valence-corrected chi connectivity index (χ1v) is 9.26. The number of thiazole rings is 1. The Morgan fingerprint density at radius 1 is 1.14 bits per heavy atom. The average Bonchev–Trinajstić information content (AvgIpc) is 3.10. The minimum absolute atomic E-state index is 0.0457. The van der Waals surface area contributed by atoms with Crippen LogP contribution in [0.5, 0.6) is 5.75 Å². The van der Waals surface area contributed by atoms with Crippen molar-refractivity contribution in [3.05, 3.63) is 59.4 Å². The van der Waals surface area contributed by atoms with Crippen LogP contribution in [0, 0.1) is 5.82 Å². The summed E-state index contributed by atoms with van der Waals surface area (Å²) in [5, 5.41) is 0.755. The van der Waals surface area contributed by atoms with Gasteiger partial charge in [-0.05, 0) is 31.2 Å². The van der Waals surface area contributed by atoms with Gasteiger partial charge in [-0.3, -0.25) is 20.4 Å². The highest BCUT2D eigenvalue weighted by Crippen LogP contribution is 2.21. The lowest BCUT2D eigenvalue weighted by Crippen LogP contribution is -2.48. The molecule has 0 aliphatic rings. The molecule has 0 bridgehead atoms. The van der Waals surface area contributed by atoms with Crippen LogP contribution in [0.1, 0.15) is 11.9 Å². The number of fused-ring (bicyclic) bond motifs is 1. The fraction of sp³-hybridized carbons (Fsp3) is 0.211. The van der Waals surface area contributed by atoms with E-state index in [1.165, 1.54) is 36.5 Å². The van der Waals surface area contributed by atoms with E-state index >= 15 is 0 Å². The number of nitrogens with one attached hydrogen (secondary N) is 2. The number of para-hydroxylation sites is 2. The van der Waals surface area contributed by atoms with E-state index in [0.717, 1.165) is 15.2 Å². The molecule has 0 saturated heterocycles. The zero-order valence-electron chi connectivity index (χ0n) is 15.0. The maximum Gasteiger partial charge on any atom is 0.279 e. The molecule has 0 aliphatic heterocycles. The number of nitrogens with zero attached hydrogens (tertiary/aromatic N) is 1. The molecule has 3 rings (SSSR count). The molecule has 3 aromatic rings. The summed E-state index contributed by atoms with van der Waals surface area (Å²) in [5.41, 5.74) is 5.32. The van der Waals surface area contributed by atoms with E-state index in [1.54, 1.807) is 6.07 Å². The summed E-state index contributed by atoms with van der Waals surface area (Å²) in [6.45, 7) is 1.38. The van der Waals surface area contributed by atoms with Crippen molar-refractivity contribution >= 4 is 33.4 Å². The van der Waals surface area contributed by atoms with Gasteiger partial charge < -0.3 is 9.47 Å². The van der Waals surface area contributed by atoms with Gasteiger partial charge in [-0.1, -0.05) is 24.3 Å². The fourth-order valence-corrected chi connectivity index (χ4v) is 3.17. The molecule has 0 aliphatic carbocycles. The molecule has 1 heterocycles. The third kappa shape index (κ3) is 5.24. The van der Waals surface area contributed by atoms with Gasteiger partial charge in [0, 0.05) is 0 Å². The lowest BCUT2D eigenvalue weighted by Gasteiger charge is -2.15. The first kappa shape index (κ1) is 19.7. The van der Waals surface area contributed by atoms with Gasteiger partial charge in [-0.25, -0.2) is 9.37 Å². The van der Waals surface area contributed by atoms with Crippen LogP contribution >= 0.6 is 11.3 Å². The fourth-order valence-electron chi connectivity index (χ4n) is 2.27. The Morgan fingerprint density at radius 2 is 1.89 bits per heavy atom. The standard InChI is InChI=1S/C19H18FN3O4S/c1-12(27-15-8-4-2-6-13(15)20)19(25)23-22-17(24)10-26-11-18-21-14-7-3-5-9-16(14)28-18/h2-9,12H,10-11H2,1H3,(H,22,24)(H,23,25)/t12-/m0/s1. The molecule has 0 fully saturated rings. The van der Waals surface area contributed by atoms with Crippen molar-refractivity contribution in [2.75, 3.05) is 6.61 Å². The summed E-state index contributed by atoms with van der Waals surface area (Å²) in [7, 11) is 0. The number of aromatic nitrogens is 1. The number of halogens is 1. The van der Waals surface area contributed by atoms with Crippen LogP contribution in [0.15, 0.2) is 48.5 Å². The van der Waals surface area contributed by atoms with Crippen molar-refractivity contribution in [2.45, 2.75) is 19.6 Å². The van der Waals surface area contributed by atoms with Crippen molar-refractivity contribution in [1.82, 2.24) is 15.8 Å². The third-order valence-electron chi connectivity index (χ3n) is 3.63. The molecule has 2 aromatic carbocycles. The lowest BCUT2D eigenvalue weighted by atomic mass is 10.3. The van der Waals surface area contributed by atoms with Gasteiger partial charge in [0.25, 0.3) is 11.8 Å². The average molecular weight is 403 g/mol. The maximum absolute atomic E-state index is 13.5. The number of carbonyl (C=O) groups excluding carboxylic acids is 2. The van der Waals surface area contributed by atoms with Gasteiger partial charge >= 0.3 is 0 Å². The second-order valence-corrected chi connectivity index (χ2v) is 6.91. The Balaban J connectivity index is 1.38. The van der Waals surface area contributed by atoms with E-state index in [4.69, 9.17) is 9.47 Å². The molecular formula is C19H18FN3O4S. The summed E-state index contributed by atoms with van der Waals surface area (Å²) < 4.78 is 25.1. The Labute approximate surface area is 164 Å². The minimum atomic E-state index is -0.999. The number of rotatable bonds is 7. The van der Waals surface area contributed by atoms with Crippen molar-refractivity contribution < 1.29 is 23.5 Å². The maximum atomic E-state index is 13.5. The number of hydrogen-bond acceptors (Lipinski definition) is 6. The summed E-state index contributed by atoms with van der Waals surface area (Å²) in [4.78, 5) is 28.1. The molecule has 1 aromatic heterocycles. The molecule has 28 heavy (non-hydrogen) atoms. The van der Waals surface area contributed by atoms with E-state index in [0.29, 0.717) is 0 Å². The lowest BCUT2D eigenvalue weighted by molar-refractivity contribution is -0.134. The molecule has 2 N–H and O–H groups in total. The zero-order chi connectivity index (χ0) is 19.9. The summed E-state index contributed by atoms with van der Waals surface area (Å²) >= 11 is 1.49. The first-order chi connectivity index (χ1) is 13.5. The predicted molar refractivity (Wildman–Crippen MR) is 102 cm³/mol. The molecule has 2 amide bonds. The van der Waals surface area contributed by atoms with E-state index in [9.17, 15) is 14.0 Å². The number of benzene rings is 2. The Bertz CT molecular complexity index is 945. The molecule has 0 spiro atoms. The van der Waals surface area contributed by atoms with Crippen molar-refractivity contribution in [3.8, 4) is 5.75 Å². The number of amides is 2. The molecule has 9 heteroatoms. The zero-order valence-corrected chi connectivity index (χ0v) is 15.8. The molecular weight excluding hydrogens is 385 g/mol. The number of hydrazine groups is 1. The van der Waals surface area contributed by atoms with Crippen LogP contribution in [0.4, 0.5) is 4.39 Å². The minimum Gasteiger partial charge on any atom is -0.478 e. The SMILES string of the molecule is C[C@H](Oc1ccccc1F)C(=O)NNC(=O)COCc1nc2ccccc2s1. The monoisotopic (exact) mass is 403 g/mol. The largest absolute Gasteiger partial charge is 0.478 e. The Kier molecular flexibility index (Phi) is 6.51. The van der Waals surface area contributed by atoms with Crippen LogP contribution in [0.25, 0.3) is 10.2 Å². The number of hydrogen-bond donors (Lipinski definition) is 2. The van der Waals surface area contributed by atoms with Gasteiger partial charge in [-0.15, -0.1) is 11.3 Å². The van der Waals surface area contributed by atoms with E-state index in [1.807, 2.05) is 24.3 Å². The van der Waals surface area contributed by atoms with Crippen LogP contribution < -0.4 is 15.6 Å². The third-order valence-corrected chi connectivity index (χ3v) is 4.64. The number of carbonyl (C=O) groups is 2. The highest BCUT2D eigenvalue weighted by molar-refractivity contribution is 7.18. The van der Waals surface area contributed by atoms with Crippen LogP contribution in [-0.4, -0.2) is 29.5 Å². The summed E-state index contributed by atoms with van der Waals surface area (Å²) in [6, 6.07) is 13.4. The normalized spacial score (nSPS) is 11.8. The Morgan fingerprint density at radius 3 is 2.68 bits per heavy atom. The molecule has 1 atom stereocenters. The smallest absolute Gasteiger partial charge is 0.279 e. The quantitative estimate of drug-likeness (QED) is 0.592. The van der Waals surface area contributed by atoms with Crippen LogP contribution in [-0.2, 0) is 20.9 Å². The second kappa shape index (κ2) is 9.25. The topological polar surface area (TPSA) is 89.6 Å². The van der Waals surface area contributed by atoms with Crippen molar-refractivity contribution in [3.63, 3.8) is 0 Å². The number of ether oxygens (including phenoxy) is 2. The summed E-state index contributed by atoms with van der Waals surface area (Å²) in [6.07, 6.45) is -0.999. The van der Waals surface area contributed by atoms with E-state index in [-0.39, 0.29) is 19.0 Å². The Hall–Kier alpha value is -3.04. The van der Waals surface area contributed by atoms with E-state index in [2.05, 4.69) is 15.8 Å². The highest BCUT2D eigenvalue weighted by atomic mass is 32.1. The van der Waals surface area contributed by atoms with Crippen molar-refractivity contribution in [1.29, 1.82) is 0 Å². The van der Waals surface area contributed by atoms with Crippen LogP contribution in [0.3, 0.4) is 0 Å². The van der Waals surface area contributed by atoms with Gasteiger partial charge in [0.05, 0.1) is 16.8 Å². The van der Waals surface area contributed by atoms with Crippen LogP contribution in [0.2, 0.25) is 0 Å².